The standard InChI is InChI=1S/C5H11NO2.C2H5NO2/c1-4(2)6-3-5(7)8;3-1-2(4)5/h4,6H,3H2,1-2H3,(H,7,8);1,3H2,(H,4,5). The van der Waals surface area contributed by atoms with E-state index in [1.54, 1.807) is 0 Å². The summed E-state index contributed by atoms with van der Waals surface area (Å²) in [5, 5.41) is 18.4. The summed E-state index contributed by atoms with van der Waals surface area (Å²) in [5.74, 6) is -1.77. The molecule has 0 aliphatic heterocycles. The first kappa shape index (κ1) is 14.4. The first-order valence-corrected chi connectivity index (χ1v) is 3.77. The molecule has 0 spiro atoms. The molecule has 0 saturated carbocycles. The molecular weight excluding hydrogens is 176 g/mol. The zero-order valence-electron chi connectivity index (χ0n) is 7.78. The number of hydrogen-bond acceptors (Lipinski definition) is 4. The van der Waals surface area contributed by atoms with Crippen LogP contribution in [0.3, 0.4) is 0 Å². The minimum atomic E-state index is -0.968. The molecule has 0 fully saturated rings. The maximum atomic E-state index is 9.84. The van der Waals surface area contributed by atoms with E-state index in [0.717, 1.165) is 0 Å². The molecule has 0 amide bonds. The molecule has 78 valence electrons. The van der Waals surface area contributed by atoms with Gasteiger partial charge in [0.1, 0.15) is 0 Å². The van der Waals surface area contributed by atoms with Crippen LogP contribution < -0.4 is 11.1 Å². The smallest absolute Gasteiger partial charge is 0.317 e. The van der Waals surface area contributed by atoms with Crippen LogP contribution in [0.5, 0.6) is 0 Å². The summed E-state index contributed by atoms with van der Waals surface area (Å²) in [6.07, 6.45) is 0. The van der Waals surface area contributed by atoms with Crippen molar-refractivity contribution in [1.29, 1.82) is 0 Å². The molecule has 0 unspecified atom stereocenters. The predicted octanol–water partition coefficient (Wildman–Crippen LogP) is -0.901. The summed E-state index contributed by atoms with van der Waals surface area (Å²) in [7, 11) is 0. The highest BCUT2D eigenvalue weighted by atomic mass is 16.4. The van der Waals surface area contributed by atoms with Gasteiger partial charge in [0.05, 0.1) is 13.1 Å². The van der Waals surface area contributed by atoms with Crippen molar-refractivity contribution in [2.45, 2.75) is 19.9 Å². The molecule has 0 aliphatic rings. The van der Waals surface area contributed by atoms with Gasteiger partial charge in [0.15, 0.2) is 0 Å². The van der Waals surface area contributed by atoms with Crippen LogP contribution in [-0.2, 0) is 9.59 Å². The summed E-state index contributed by atoms with van der Waals surface area (Å²) in [6, 6.07) is 0.256. The molecule has 0 radical (unpaired) electrons. The van der Waals surface area contributed by atoms with E-state index in [2.05, 4.69) is 11.1 Å². The highest BCUT2D eigenvalue weighted by molar-refractivity contribution is 5.69. The molecule has 5 N–H and O–H groups in total. The molecule has 0 bridgehead atoms. The number of carboxylic acid groups (broad SMARTS) is 2. The monoisotopic (exact) mass is 192 g/mol. The van der Waals surface area contributed by atoms with E-state index in [1.807, 2.05) is 13.8 Å². The van der Waals surface area contributed by atoms with Crippen LogP contribution in [0.2, 0.25) is 0 Å². The maximum absolute atomic E-state index is 9.84. The predicted molar refractivity (Wildman–Crippen MR) is 47.5 cm³/mol. The van der Waals surface area contributed by atoms with Crippen molar-refractivity contribution in [3.63, 3.8) is 0 Å². The number of nitrogens with one attached hydrogen (secondary N) is 1. The first-order chi connectivity index (χ1) is 5.90. The van der Waals surface area contributed by atoms with Crippen LogP contribution in [-0.4, -0.2) is 41.3 Å². The van der Waals surface area contributed by atoms with Gasteiger partial charge in [-0.25, -0.2) is 0 Å². The SMILES string of the molecule is CC(C)NCC(=O)O.NCC(=O)O. The maximum Gasteiger partial charge on any atom is 0.317 e. The molecule has 0 aromatic carbocycles. The molecule has 0 atom stereocenters. The number of rotatable bonds is 4. The van der Waals surface area contributed by atoms with Gasteiger partial charge in [-0.15, -0.1) is 0 Å². The third-order valence-corrected chi connectivity index (χ3v) is 0.836. The summed E-state index contributed by atoms with van der Waals surface area (Å²) in [4.78, 5) is 19.1. The van der Waals surface area contributed by atoms with Crippen molar-refractivity contribution in [1.82, 2.24) is 5.32 Å². The molecule has 0 aromatic rings. The molecule has 0 rings (SSSR count). The van der Waals surface area contributed by atoms with Gasteiger partial charge in [-0.1, -0.05) is 13.8 Å². The summed E-state index contributed by atoms with van der Waals surface area (Å²) in [6.45, 7) is 3.59. The van der Waals surface area contributed by atoms with Crippen molar-refractivity contribution in [3.05, 3.63) is 0 Å². The number of carbonyl (C=O) groups is 2. The Labute approximate surface area is 76.7 Å². The Hall–Kier alpha value is -1.14. The Kier molecular flexibility index (Phi) is 9.91. The first-order valence-electron chi connectivity index (χ1n) is 3.77. The Balaban J connectivity index is 0. The van der Waals surface area contributed by atoms with Crippen molar-refractivity contribution in [2.75, 3.05) is 13.1 Å². The van der Waals surface area contributed by atoms with Crippen LogP contribution in [0.25, 0.3) is 0 Å². The Morgan fingerprint density at radius 3 is 1.77 bits per heavy atom. The fourth-order valence-electron chi connectivity index (χ4n) is 0.291. The van der Waals surface area contributed by atoms with Crippen LogP contribution in [0.4, 0.5) is 0 Å². The molecule has 0 heterocycles. The molecular formula is C7H16N2O4. The van der Waals surface area contributed by atoms with E-state index in [9.17, 15) is 9.59 Å². The van der Waals surface area contributed by atoms with Gasteiger partial charge in [-0.2, -0.15) is 0 Å². The van der Waals surface area contributed by atoms with Gasteiger partial charge in [-0.05, 0) is 0 Å². The van der Waals surface area contributed by atoms with Crippen molar-refractivity contribution < 1.29 is 19.8 Å². The second-order valence-electron chi connectivity index (χ2n) is 2.53. The fourth-order valence-corrected chi connectivity index (χ4v) is 0.291. The lowest BCUT2D eigenvalue weighted by Crippen LogP contribution is -2.28. The van der Waals surface area contributed by atoms with E-state index in [-0.39, 0.29) is 19.1 Å². The van der Waals surface area contributed by atoms with Gasteiger partial charge in [0.25, 0.3) is 0 Å². The van der Waals surface area contributed by atoms with E-state index in [1.165, 1.54) is 0 Å². The molecule has 0 aliphatic carbocycles. The zero-order chi connectivity index (χ0) is 10.9. The van der Waals surface area contributed by atoms with Crippen LogP contribution in [0, 0.1) is 0 Å². The van der Waals surface area contributed by atoms with E-state index in [4.69, 9.17) is 10.2 Å². The summed E-state index contributed by atoms with van der Waals surface area (Å²) in [5.41, 5.74) is 4.57. The Morgan fingerprint density at radius 2 is 1.69 bits per heavy atom. The van der Waals surface area contributed by atoms with Crippen molar-refractivity contribution in [2.24, 2.45) is 5.73 Å². The summed E-state index contributed by atoms with van der Waals surface area (Å²) < 4.78 is 0. The minimum Gasteiger partial charge on any atom is -0.480 e. The third-order valence-electron chi connectivity index (χ3n) is 0.836. The molecule has 0 aromatic heterocycles. The number of aliphatic carboxylic acids is 2. The molecule has 6 heteroatoms. The molecule has 0 saturated heterocycles. The van der Waals surface area contributed by atoms with Crippen molar-refractivity contribution >= 4 is 11.9 Å². The lowest BCUT2D eigenvalue weighted by atomic mass is 10.4. The lowest BCUT2D eigenvalue weighted by Gasteiger charge is -2.02. The quantitative estimate of drug-likeness (QED) is 0.459. The molecule has 13 heavy (non-hydrogen) atoms. The normalized spacial score (nSPS) is 8.92. The van der Waals surface area contributed by atoms with Gasteiger partial charge in [-0.3, -0.25) is 9.59 Å². The number of hydrogen-bond donors (Lipinski definition) is 4. The van der Waals surface area contributed by atoms with Crippen molar-refractivity contribution in [3.8, 4) is 0 Å². The minimum absolute atomic E-state index is 0.0532. The largest absolute Gasteiger partial charge is 0.480 e. The second-order valence-corrected chi connectivity index (χ2v) is 2.53. The lowest BCUT2D eigenvalue weighted by molar-refractivity contribution is -0.136. The van der Waals surface area contributed by atoms with E-state index >= 15 is 0 Å². The van der Waals surface area contributed by atoms with Gasteiger partial charge >= 0.3 is 11.9 Å². The number of nitrogens with two attached hydrogens (primary N) is 1. The van der Waals surface area contributed by atoms with Crippen LogP contribution in [0.15, 0.2) is 0 Å². The van der Waals surface area contributed by atoms with E-state index < -0.39 is 11.9 Å². The number of carboxylic acids is 2. The zero-order valence-corrected chi connectivity index (χ0v) is 7.78. The Morgan fingerprint density at radius 1 is 1.31 bits per heavy atom. The average molecular weight is 192 g/mol. The Bertz CT molecular complexity index is 159. The second kappa shape index (κ2) is 8.95. The van der Waals surface area contributed by atoms with Crippen LogP contribution in [0.1, 0.15) is 13.8 Å². The van der Waals surface area contributed by atoms with Gasteiger partial charge in [0, 0.05) is 6.04 Å². The topological polar surface area (TPSA) is 113 Å². The fraction of sp³-hybridized carbons (Fsp3) is 0.714. The third kappa shape index (κ3) is 24.8. The van der Waals surface area contributed by atoms with Crippen LogP contribution >= 0.6 is 0 Å². The highest BCUT2D eigenvalue weighted by Gasteiger charge is 1.95. The highest BCUT2D eigenvalue weighted by Crippen LogP contribution is 1.72. The molecule has 6 nitrogen and oxygen atoms in total. The van der Waals surface area contributed by atoms with Gasteiger partial charge in [0.2, 0.25) is 0 Å². The summed E-state index contributed by atoms with van der Waals surface area (Å²) >= 11 is 0. The van der Waals surface area contributed by atoms with E-state index in [0.29, 0.717) is 0 Å². The van der Waals surface area contributed by atoms with Gasteiger partial charge < -0.3 is 21.3 Å². The average Bonchev–Trinajstić information content (AvgIpc) is 2.02.